The normalized spacial score (nSPS) is 10.9. The van der Waals surface area contributed by atoms with Gasteiger partial charge in [-0.15, -0.1) is 5.10 Å². The average molecular weight is 241 g/mol. The van der Waals surface area contributed by atoms with Gasteiger partial charge in [0, 0.05) is 29.9 Å². The second-order valence-electron chi connectivity index (χ2n) is 3.90. The predicted octanol–water partition coefficient (Wildman–Crippen LogP) is 1.20. The zero-order chi connectivity index (χ0) is 12.5. The van der Waals surface area contributed by atoms with E-state index in [-0.39, 0.29) is 5.56 Å². The molecular formula is C12H11N5O. The van der Waals surface area contributed by atoms with Gasteiger partial charge in [-0.3, -0.25) is 4.79 Å². The average Bonchev–Trinajstić information content (AvgIpc) is 2.82. The molecule has 0 aliphatic rings. The Kier molecular flexibility index (Phi) is 2.40. The van der Waals surface area contributed by atoms with E-state index in [0.717, 1.165) is 28.8 Å². The molecule has 0 aromatic carbocycles. The molecule has 0 unspecified atom stereocenters. The van der Waals surface area contributed by atoms with Gasteiger partial charge >= 0.3 is 0 Å². The number of pyridine rings is 1. The van der Waals surface area contributed by atoms with Crippen molar-refractivity contribution in [2.45, 2.75) is 13.5 Å². The van der Waals surface area contributed by atoms with E-state index in [0.29, 0.717) is 0 Å². The monoisotopic (exact) mass is 241 g/mol. The van der Waals surface area contributed by atoms with Gasteiger partial charge in [0.05, 0.1) is 12.5 Å². The van der Waals surface area contributed by atoms with E-state index < -0.39 is 0 Å². The van der Waals surface area contributed by atoms with Gasteiger partial charge in [0.1, 0.15) is 5.52 Å². The first-order valence-electron chi connectivity index (χ1n) is 5.65. The molecule has 6 heteroatoms. The highest BCUT2D eigenvalue weighted by molar-refractivity contribution is 5.88. The van der Waals surface area contributed by atoms with Crippen molar-refractivity contribution in [3.63, 3.8) is 0 Å². The Morgan fingerprint density at radius 3 is 3.00 bits per heavy atom. The minimum absolute atomic E-state index is 0.129. The molecule has 0 radical (unpaired) electrons. The maximum atomic E-state index is 11.1. The van der Waals surface area contributed by atoms with Crippen molar-refractivity contribution in [1.82, 2.24) is 24.7 Å². The number of fused-ring (bicyclic) bond motifs is 1. The highest BCUT2D eigenvalue weighted by Crippen LogP contribution is 2.23. The van der Waals surface area contributed by atoms with Crippen molar-refractivity contribution in [3.05, 3.63) is 41.2 Å². The highest BCUT2D eigenvalue weighted by Gasteiger charge is 2.10. The molecule has 0 saturated carbocycles. The summed E-state index contributed by atoms with van der Waals surface area (Å²) in [6, 6.07) is 3.23. The van der Waals surface area contributed by atoms with E-state index in [2.05, 4.69) is 20.2 Å². The molecule has 3 rings (SSSR count). The van der Waals surface area contributed by atoms with E-state index in [1.807, 2.05) is 11.5 Å². The van der Waals surface area contributed by atoms with Gasteiger partial charge in [-0.1, -0.05) is 0 Å². The maximum Gasteiger partial charge on any atom is 0.247 e. The van der Waals surface area contributed by atoms with Crippen LogP contribution in [0.25, 0.3) is 22.3 Å². The summed E-state index contributed by atoms with van der Waals surface area (Å²) in [5, 5.41) is 8.08. The fraction of sp³-hybridized carbons (Fsp3) is 0.167. The highest BCUT2D eigenvalue weighted by atomic mass is 16.1. The van der Waals surface area contributed by atoms with Crippen LogP contribution in [-0.4, -0.2) is 24.7 Å². The van der Waals surface area contributed by atoms with Gasteiger partial charge in [0.15, 0.2) is 5.65 Å². The standard InChI is InChI=1S/C12H11N5O/c1-2-17-7-14-11-9(6-15-16-12(11)17)8-3-4-10(18)13-5-8/h3-7H,2H2,1H3,(H,13,18). The third kappa shape index (κ3) is 1.58. The van der Waals surface area contributed by atoms with E-state index >= 15 is 0 Å². The summed E-state index contributed by atoms with van der Waals surface area (Å²) in [6.45, 7) is 2.82. The minimum Gasteiger partial charge on any atom is -0.328 e. The van der Waals surface area contributed by atoms with E-state index in [1.165, 1.54) is 6.07 Å². The lowest BCUT2D eigenvalue weighted by Gasteiger charge is -2.01. The minimum atomic E-state index is -0.129. The third-order valence-electron chi connectivity index (χ3n) is 2.84. The number of imidazole rings is 1. The first kappa shape index (κ1) is 10.6. The Bertz CT molecular complexity index is 738. The molecule has 1 N–H and O–H groups in total. The number of hydrogen-bond acceptors (Lipinski definition) is 4. The van der Waals surface area contributed by atoms with Crippen molar-refractivity contribution in [2.75, 3.05) is 0 Å². The van der Waals surface area contributed by atoms with Crippen LogP contribution in [-0.2, 0) is 6.54 Å². The SMILES string of the molecule is CCn1cnc2c(-c3ccc(=O)[nH]c3)cnnc21. The first-order chi connectivity index (χ1) is 8.79. The predicted molar refractivity (Wildman–Crippen MR) is 67.1 cm³/mol. The van der Waals surface area contributed by atoms with Crippen LogP contribution in [0.1, 0.15) is 6.92 Å². The Morgan fingerprint density at radius 1 is 1.39 bits per heavy atom. The van der Waals surface area contributed by atoms with Crippen molar-refractivity contribution in [1.29, 1.82) is 0 Å². The van der Waals surface area contributed by atoms with Gasteiger partial charge in [0.2, 0.25) is 5.56 Å². The molecule has 0 bridgehead atoms. The van der Waals surface area contributed by atoms with Crippen LogP contribution >= 0.6 is 0 Å². The second kappa shape index (κ2) is 4.06. The maximum absolute atomic E-state index is 11.1. The lowest BCUT2D eigenvalue weighted by molar-refractivity contribution is 0.771. The van der Waals surface area contributed by atoms with Crippen LogP contribution in [0.3, 0.4) is 0 Å². The number of aromatic amines is 1. The van der Waals surface area contributed by atoms with E-state index in [9.17, 15) is 4.79 Å². The van der Waals surface area contributed by atoms with Crippen LogP contribution in [0.4, 0.5) is 0 Å². The molecule has 3 aromatic rings. The number of nitrogens with one attached hydrogen (secondary N) is 1. The van der Waals surface area contributed by atoms with Crippen LogP contribution in [0.15, 0.2) is 35.6 Å². The van der Waals surface area contributed by atoms with E-state index in [4.69, 9.17) is 0 Å². The molecular weight excluding hydrogens is 230 g/mol. The molecule has 0 fully saturated rings. The van der Waals surface area contributed by atoms with Gasteiger partial charge in [-0.25, -0.2) is 4.98 Å². The van der Waals surface area contributed by atoms with Crippen molar-refractivity contribution >= 4 is 11.2 Å². The lowest BCUT2D eigenvalue weighted by Crippen LogP contribution is -2.02. The zero-order valence-electron chi connectivity index (χ0n) is 9.79. The van der Waals surface area contributed by atoms with Crippen LogP contribution in [0.5, 0.6) is 0 Å². The molecule has 3 heterocycles. The molecule has 0 aliphatic heterocycles. The fourth-order valence-corrected chi connectivity index (χ4v) is 1.89. The number of H-pyrrole nitrogens is 1. The zero-order valence-corrected chi connectivity index (χ0v) is 9.79. The number of rotatable bonds is 2. The topological polar surface area (TPSA) is 76.5 Å². The molecule has 0 aliphatic carbocycles. The summed E-state index contributed by atoms with van der Waals surface area (Å²) in [4.78, 5) is 18.1. The number of hydrogen-bond donors (Lipinski definition) is 1. The third-order valence-corrected chi connectivity index (χ3v) is 2.84. The van der Waals surface area contributed by atoms with Crippen LogP contribution in [0.2, 0.25) is 0 Å². The second-order valence-corrected chi connectivity index (χ2v) is 3.90. The summed E-state index contributed by atoms with van der Waals surface area (Å²) in [7, 11) is 0. The molecule has 6 nitrogen and oxygen atoms in total. The molecule has 3 aromatic heterocycles. The first-order valence-corrected chi connectivity index (χ1v) is 5.65. The summed E-state index contributed by atoms with van der Waals surface area (Å²) < 4.78 is 1.93. The Hall–Kier alpha value is -2.50. The molecule has 0 spiro atoms. The number of aromatic nitrogens is 5. The summed E-state index contributed by atoms with van der Waals surface area (Å²) in [5.74, 6) is 0. The lowest BCUT2D eigenvalue weighted by atomic mass is 10.1. The van der Waals surface area contributed by atoms with Crippen LogP contribution in [0, 0.1) is 0 Å². The van der Waals surface area contributed by atoms with Gasteiger partial charge < -0.3 is 9.55 Å². The number of nitrogens with zero attached hydrogens (tertiary/aromatic N) is 4. The summed E-state index contributed by atoms with van der Waals surface area (Å²) in [6.07, 6.45) is 5.06. The van der Waals surface area contributed by atoms with Crippen molar-refractivity contribution in [2.24, 2.45) is 0 Å². The molecule has 18 heavy (non-hydrogen) atoms. The smallest absolute Gasteiger partial charge is 0.247 e. The summed E-state index contributed by atoms with van der Waals surface area (Å²) in [5.41, 5.74) is 3.15. The van der Waals surface area contributed by atoms with Crippen molar-refractivity contribution in [3.8, 4) is 11.1 Å². The Balaban J connectivity index is 2.26. The molecule has 0 atom stereocenters. The molecule has 0 amide bonds. The Morgan fingerprint density at radius 2 is 2.28 bits per heavy atom. The van der Waals surface area contributed by atoms with Crippen molar-refractivity contribution < 1.29 is 0 Å². The quantitative estimate of drug-likeness (QED) is 0.731. The largest absolute Gasteiger partial charge is 0.328 e. The fourth-order valence-electron chi connectivity index (χ4n) is 1.89. The van der Waals surface area contributed by atoms with Gasteiger partial charge in [-0.2, -0.15) is 5.10 Å². The molecule has 90 valence electrons. The Labute approximate surface area is 102 Å². The van der Waals surface area contributed by atoms with E-state index in [1.54, 1.807) is 24.8 Å². The van der Waals surface area contributed by atoms with Crippen LogP contribution < -0.4 is 5.56 Å². The molecule has 0 saturated heterocycles. The van der Waals surface area contributed by atoms with Gasteiger partial charge in [0.25, 0.3) is 0 Å². The summed E-state index contributed by atoms with van der Waals surface area (Å²) >= 11 is 0. The van der Waals surface area contributed by atoms with Gasteiger partial charge in [-0.05, 0) is 13.0 Å². The number of aryl methyl sites for hydroxylation is 1.